The molecule has 1 saturated heterocycles. The Morgan fingerprint density at radius 2 is 1.57 bits per heavy atom. The van der Waals surface area contributed by atoms with Gasteiger partial charge in [0, 0.05) is 49.9 Å². The van der Waals surface area contributed by atoms with E-state index in [2.05, 4.69) is 27.6 Å². The summed E-state index contributed by atoms with van der Waals surface area (Å²) < 4.78 is 29.5. The van der Waals surface area contributed by atoms with Crippen molar-refractivity contribution >= 4 is 26.3 Å². The van der Waals surface area contributed by atoms with E-state index in [0.717, 1.165) is 28.5 Å². The van der Waals surface area contributed by atoms with E-state index in [9.17, 15) is 8.42 Å². The number of imidazole rings is 1. The van der Waals surface area contributed by atoms with E-state index in [1.807, 2.05) is 29.6 Å². The molecule has 0 atom stereocenters. The fourth-order valence-corrected chi connectivity index (χ4v) is 6.07. The quantitative estimate of drug-likeness (QED) is 0.478. The molecule has 3 heterocycles. The van der Waals surface area contributed by atoms with Crippen LogP contribution < -0.4 is 0 Å². The van der Waals surface area contributed by atoms with E-state index in [1.54, 1.807) is 39.9 Å². The molecule has 6 nitrogen and oxygen atoms in total. The van der Waals surface area contributed by atoms with Crippen LogP contribution in [0.1, 0.15) is 5.69 Å². The van der Waals surface area contributed by atoms with Crippen molar-refractivity contribution in [3.8, 4) is 11.3 Å². The molecular weight excluding hydrogens is 416 g/mol. The number of fused-ring (bicyclic) bond motifs is 1. The minimum absolute atomic E-state index is 0.362. The Balaban J connectivity index is 1.35. The average molecular weight is 439 g/mol. The van der Waals surface area contributed by atoms with Gasteiger partial charge in [-0.05, 0) is 12.1 Å². The highest BCUT2D eigenvalue weighted by Gasteiger charge is 2.29. The van der Waals surface area contributed by atoms with Gasteiger partial charge in [-0.2, -0.15) is 4.31 Å². The van der Waals surface area contributed by atoms with Crippen molar-refractivity contribution in [2.75, 3.05) is 26.2 Å². The molecule has 5 rings (SSSR count). The lowest BCUT2D eigenvalue weighted by molar-refractivity contribution is 0.180. The molecule has 0 unspecified atom stereocenters. The molecule has 4 aromatic rings. The number of piperazine rings is 1. The zero-order chi connectivity index (χ0) is 20.6. The van der Waals surface area contributed by atoms with Gasteiger partial charge >= 0.3 is 0 Å². The van der Waals surface area contributed by atoms with Crippen LogP contribution in [0.3, 0.4) is 0 Å². The van der Waals surface area contributed by atoms with Crippen molar-refractivity contribution in [2.24, 2.45) is 0 Å². The lowest BCUT2D eigenvalue weighted by Gasteiger charge is -2.34. The van der Waals surface area contributed by atoms with Crippen LogP contribution in [0.5, 0.6) is 0 Å². The van der Waals surface area contributed by atoms with Gasteiger partial charge in [0.15, 0.2) is 4.96 Å². The van der Waals surface area contributed by atoms with Crippen LogP contribution in [0, 0.1) is 0 Å². The van der Waals surface area contributed by atoms with E-state index >= 15 is 0 Å². The van der Waals surface area contributed by atoms with Crippen LogP contribution in [0.25, 0.3) is 16.2 Å². The molecule has 30 heavy (non-hydrogen) atoms. The Morgan fingerprint density at radius 1 is 0.900 bits per heavy atom. The molecule has 2 aromatic heterocycles. The van der Waals surface area contributed by atoms with Crippen LogP contribution in [0.2, 0.25) is 0 Å². The molecule has 0 amide bonds. The third-order valence-corrected chi connectivity index (χ3v) is 8.16. The van der Waals surface area contributed by atoms with Crippen molar-refractivity contribution < 1.29 is 8.42 Å². The molecule has 0 saturated carbocycles. The number of sulfonamides is 1. The highest BCUT2D eigenvalue weighted by atomic mass is 32.2. The highest BCUT2D eigenvalue weighted by Crippen LogP contribution is 2.28. The second-order valence-electron chi connectivity index (χ2n) is 7.32. The molecule has 1 fully saturated rings. The number of benzene rings is 2. The summed E-state index contributed by atoms with van der Waals surface area (Å²) in [6.45, 7) is 3.10. The van der Waals surface area contributed by atoms with Crippen LogP contribution in [-0.2, 0) is 16.6 Å². The molecule has 8 heteroatoms. The fourth-order valence-electron chi connectivity index (χ4n) is 3.89. The number of nitrogens with zero attached hydrogens (tertiary/aromatic N) is 4. The molecule has 154 valence electrons. The topological polar surface area (TPSA) is 57.9 Å². The highest BCUT2D eigenvalue weighted by molar-refractivity contribution is 7.89. The van der Waals surface area contributed by atoms with Gasteiger partial charge in [-0.1, -0.05) is 48.5 Å². The summed E-state index contributed by atoms with van der Waals surface area (Å²) in [5.41, 5.74) is 3.26. The number of hydrogen-bond acceptors (Lipinski definition) is 5. The SMILES string of the molecule is O=S(=O)(c1ccccc1)N1CCN(Cc2c(-c3ccccc3)nc3sccn23)CC1. The van der Waals surface area contributed by atoms with Crippen LogP contribution in [0.15, 0.2) is 77.1 Å². The Bertz CT molecular complexity index is 1240. The number of rotatable bonds is 5. The van der Waals surface area contributed by atoms with Crippen molar-refractivity contribution in [1.29, 1.82) is 0 Å². The Morgan fingerprint density at radius 3 is 2.27 bits per heavy atom. The number of hydrogen-bond donors (Lipinski definition) is 0. The normalized spacial score (nSPS) is 16.3. The summed E-state index contributed by atoms with van der Waals surface area (Å²) in [6, 6.07) is 18.9. The second-order valence-corrected chi connectivity index (χ2v) is 10.1. The Kier molecular flexibility index (Phi) is 5.16. The first-order valence-electron chi connectivity index (χ1n) is 9.90. The van der Waals surface area contributed by atoms with Gasteiger partial charge in [-0.3, -0.25) is 9.30 Å². The van der Waals surface area contributed by atoms with E-state index in [0.29, 0.717) is 31.1 Å². The van der Waals surface area contributed by atoms with Crippen LogP contribution in [-0.4, -0.2) is 53.2 Å². The molecule has 1 aliphatic rings. The summed E-state index contributed by atoms with van der Waals surface area (Å²) in [5, 5.41) is 2.05. The molecule has 0 spiro atoms. The maximum Gasteiger partial charge on any atom is 0.243 e. The largest absolute Gasteiger partial charge is 0.295 e. The minimum atomic E-state index is -3.43. The number of thiazole rings is 1. The van der Waals surface area contributed by atoms with Crippen LogP contribution in [0.4, 0.5) is 0 Å². The first-order valence-corrected chi connectivity index (χ1v) is 12.2. The van der Waals surface area contributed by atoms with E-state index in [1.165, 1.54) is 0 Å². The zero-order valence-corrected chi connectivity index (χ0v) is 18.0. The molecule has 0 aliphatic carbocycles. The first-order chi connectivity index (χ1) is 14.6. The van der Waals surface area contributed by atoms with Crippen molar-refractivity contribution in [3.63, 3.8) is 0 Å². The monoisotopic (exact) mass is 438 g/mol. The smallest absolute Gasteiger partial charge is 0.243 e. The van der Waals surface area contributed by atoms with Gasteiger partial charge in [0.1, 0.15) is 0 Å². The summed E-state index contributed by atoms with van der Waals surface area (Å²) >= 11 is 1.63. The van der Waals surface area contributed by atoms with Gasteiger partial charge in [0.25, 0.3) is 0 Å². The van der Waals surface area contributed by atoms with Crippen LogP contribution >= 0.6 is 11.3 Å². The lowest BCUT2D eigenvalue weighted by atomic mass is 10.1. The third-order valence-electron chi connectivity index (χ3n) is 5.49. The maximum atomic E-state index is 12.9. The first kappa shape index (κ1) is 19.4. The molecule has 2 aromatic carbocycles. The van der Waals surface area contributed by atoms with E-state index < -0.39 is 10.0 Å². The minimum Gasteiger partial charge on any atom is -0.295 e. The molecular formula is C22H22N4O2S2. The van der Waals surface area contributed by atoms with Gasteiger partial charge in [-0.25, -0.2) is 13.4 Å². The van der Waals surface area contributed by atoms with E-state index in [-0.39, 0.29) is 0 Å². The van der Waals surface area contributed by atoms with Crippen molar-refractivity contribution in [2.45, 2.75) is 11.4 Å². The van der Waals surface area contributed by atoms with Gasteiger partial charge < -0.3 is 0 Å². The zero-order valence-electron chi connectivity index (χ0n) is 16.4. The second kappa shape index (κ2) is 7.96. The Hall–Kier alpha value is -2.52. The molecule has 0 radical (unpaired) electrons. The predicted molar refractivity (Wildman–Crippen MR) is 119 cm³/mol. The average Bonchev–Trinajstić information content (AvgIpc) is 3.38. The summed E-state index contributed by atoms with van der Waals surface area (Å²) in [6.07, 6.45) is 2.06. The van der Waals surface area contributed by atoms with Gasteiger partial charge in [-0.15, -0.1) is 11.3 Å². The Labute approximate surface area is 180 Å². The summed E-state index contributed by atoms with van der Waals surface area (Å²) in [7, 11) is -3.43. The predicted octanol–water partition coefficient (Wildman–Crippen LogP) is 3.57. The maximum absolute atomic E-state index is 12.9. The summed E-state index contributed by atoms with van der Waals surface area (Å²) in [5.74, 6) is 0. The molecule has 0 bridgehead atoms. The fraction of sp³-hybridized carbons (Fsp3) is 0.227. The summed E-state index contributed by atoms with van der Waals surface area (Å²) in [4.78, 5) is 8.50. The third kappa shape index (κ3) is 3.56. The van der Waals surface area contributed by atoms with Crippen molar-refractivity contribution in [1.82, 2.24) is 18.6 Å². The van der Waals surface area contributed by atoms with Gasteiger partial charge in [0.2, 0.25) is 10.0 Å². The lowest BCUT2D eigenvalue weighted by Crippen LogP contribution is -2.48. The number of aromatic nitrogens is 2. The molecule has 1 aliphatic heterocycles. The standard InChI is InChI=1S/C22H22N4O2S2/c27-30(28,19-9-5-2-6-10-19)25-13-11-24(12-14-25)17-20-21(18-7-3-1-4-8-18)23-22-26(20)15-16-29-22/h1-10,15-16H,11-14,17H2. The van der Waals surface area contributed by atoms with Crippen molar-refractivity contribution in [3.05, 3.63) is 77.9 Å². The molecule has 0 N–H and O–H groups in total. The van der Waals surface area contributed by atoms with Gasteiger partial charge in [0.05, 0.1) is 16.3 Å². The van der Waals surface area contributed by atoms with E-state index in [4.69, 9.17) is 4.98 Å².